The van der Waals surface area contributed by atoms with E-state index < -0.39 is 0 Å². The first kappa shape index (κ1) is 13.1. The van der Waals surface area contributed by atoms with Crippen LogP contribution in [0.5, 0.6) is 0 Å². The molecule has 1 aromatic heterocycles. The van der Waals surface area contributed by atoms with Crippen LogP contribution in [0.15, 0.2) is 10.7 Å². The number of hydrogen-bond donors (Lipinski definition) is 2. The van der Waals surface area contributed by atoms with Crippen LogP contribution in [0.2, 0.25) is 0 Å². The molecule has 0 radical (unpaired) electrons. The molecule has 0 aromatic carbocycles. The molecule has 2 N–H and O–H groups in total. The van der Waals surface area contributed by atoms with E-state index in [1.807, 2.05) is 0 Å². The number of aryl methyl sites for hydroxylation is 1. The molecule has 1 amide bonds. The molecular formula is C10H16N2O3S. The number of carbonyl (C=O) groups is 1. The van der Waals surface area contributed by atoms with E-state index in [0.717, 1.165) is 17.9 Å². The van der Waals surface area contributed by atoms with Crippen molar-refractivity contribution in [3.05, 3.63) is 17.5 Å². The van der Waals surface area contributed by atoms with Gasteiger partial charge in [-0.05, 0) is 19.1 Å². The second kappa shape index (κ2) is 7.29. The van der Waals surface area contributed by atoms with E-state index in [1.54, 1.807) is 18.7 Å². The van der Waals surface area contributed by atoms with Crippen molar-refractivity contribution in [2.75, 3.05) is 24.7 Å². The standard InChI is InChI=1S/C10H16N2O3S/c1-8-9(7-12-15-8)10(14)11-3-6-16-5-2-4-13/h7,13H,2-6H2,1H3,(H,11,14). The zero-order chi connectivity index (χ0) is 11.8. The second-order valence-electron chi connectivity index (χ2n) is 3.24. The van der Waals surface area contributed by atoms with Crippen LogP contribution in [0.1, 0.15) is 22.5 Å². The molecule has 0 atom stereocenters. The highest BCUT2D eigenvalue weighted by molar-refractivity contribution is 7.99. The highest BCUT2D eigenvalue weighted by atomic mass is 32.2. The van der Waals surface area contributed by atoms with Gasteiger partial charge in [0.2, 0.25) is 0 Å². The molecule has 0 bridgehead atoms. The van der Waals surface area contributed by atoms with Gasteiger partial charge >= 0.3 is 0 Å². The Morgan fingerprint density at radius 1 is 1.62 bits per heavy atom. The van der Waals surface area contributed by atoms with Crippen molar-refractivity contribution in [3.8, 4) is 0 Å². The van der Waals surface area contributed by atoms with Gasteiger partial charge in [-0.3, -0.25) is 4.79 Å². The number of rotatable bonds is 7. The van der Waals surface area contributed by atoms with Crippen molar-refractivity contribution in [2.45, 2.75) is 13.3 Å². The Hall–Kier alpha value is -1.01. The molecule has 1 rings (SSSR count). The fraction of sp³-hybridized carbons (Fsp3) is 0.600. The van der Waals surface area contributed by atoms with Gasteiger partial charge in [0.05, 0.1) is 6.20 Å². The summed E-state index contributed by atoms with van der Waals surface area (Å²) in [6.07, 6.45) is 2.22. The molecule has 0 spiro atoms. The Morgan fingerprint density at radius 3 is 3.06 bits per heavy atom. The lowest BCUT2D eigenvalue weighted by Crippen LogP contribution is -2.26. The first-order valence-corrected chi connectivity index (χ1v) is 6.29. The van der Waals surface area contributed by atoms with Crippen LogP contribution in [-0.4, -0.2) is 40.8 Å². The Bertz CT molecular complexity index is 328. The summed E-state index contributed by atoms with van der Waals surface area (Å²) in [5, 5.41) is 14.9. The van der Waals surface area contributed by atoms with Gasteiger partial charge in [-0.1, -0.05) is 5.16 Å². The number of hydrogen-bond acceptors (Lipinski definition) is 5. The van der Waals surface area contributed by atoms with Gasteiger partial charge in [0, 0.05) is 18.9 Å². The van der Waals surface area contributed by atoms with Crippen LogP contribution < -0.4 is 5.32 Å². The molecule has 5 nitrogen and oxygen atoms in total. The molecule has 1 heterocycles. The topological polar surface area (TPSA) is 75.4 Å². The smallest absolute Gasteiger partial charge is 0.256 e. The largest absolute Gasteiger partial charge is 0.396 e. The maximum absolute atomic E-state index is 11.6. The molecule has 90 valence electrons. The van der Waals surface area contributed by atoms with Gasteiger partial charge in [-0.15, -0.1) is 0 Å². The average molecular weight is 244 g/mol. The number of nitrogens with zero attached hydrogens (tertiary/aromatic N) is 1. The van der Waals surface area contributed by atoms with Gasteiger partial charge in [-0.2, -0.15) is 11.8 Å². The minimum atomic E-state index is -0.151. The lowest BCUT2D eigenvalue weighted by molar-refractivity contribution is 0.0954. The summed E-state index contributed by atoms with van der Waals surface area (Å²) in [5.74, 6) is 2.14. The minimum absolute atomic E-state index is 0.151. The fourth-order valence-corrected chi connectivity index (χ4v) is 1.90. The highest BCUT2D eigenvalue weighted by Crippen LogP contribution is 2.05. The predicted molar refractivity (Wildman–Crippen MR) is 62.6 cm³/mol. The molecule has 0 fully saturated rings. The first-order valence-electron chi connectivity index (χ1n) is 5.13. The van der Waals surface area contributed by atoms with E-state index in [0.29, 0.717) is 17.9 Å². The van der Waals surface area contributed by atoms with Crippen molar-refractivity contribution in [1.82, 2.24) is 10.5 Å². The minimum Gasteiger partial charge on any atom is -0.396 e. The SMILES string of the molecule is Cc1oncc1C(=O)NCCSCCCO. The highest BCUT2D eigenvalue weighted by Gasteiger charge is 2.11. The van der Waals surface area contributed by atoms with E-state index in [1.165, 1.54) is 6.20 Å². The first-order chi connectivity index (χ1) is 7.75. The fourth-order valence-electron chi connectivity index (χ4n) is 1.12. The molecule has 0 saturated carbocycles. The number of nitrogens with one attached hydrogen (secondary N) is 1. The van der Waals surface area contributed by atoms with Gasteiger partial charge in [0.15, 0.2) is 0 Å². The number of aromatic nitrogens is 1. The molecule has 0 aliphatic rings. The zero-order valence-electron chi connectivity index (χ0n) is 9.23. The van der Waals surface area contributed by atoms with E-state index in [4.69, 9.17) is 9.63 Å². The Kier molecular flexibility index (Phi) is 5.95. The Morgan fingerprint density at radius 2 is 2.44 bits per heavy atom. The number of thioether (sulfide) groups is 1. The number of aliphatic hydroxyl groups excluding tert-OH is 1. The van der Waals surface area contributed by atoms with Crippen molar-refractivity contribution in [1.29, 1.82) is 0 Å². The van der Waals surface area contributed by atoms with E-state index in [2.05, 4.69) is 10.5 Å². The summed E-state index contributed by atoms with van der Waals surface area (Å²) in [6.45, 7) is 2.54. The number of aliphatic hydroxyl groups is 1. The molecule has 0 unspecified atom stereocenters. The molecule has 16 heavy (non-hydrogen) atoms. The Labute approximate surface area is 98.6 Å². The van der Waals surface area contributed by atoms with E-state index in [-0.39, 0.29) is 12.5 Å². The van der Waals surface area contributed by atoms with Crippen LogP contribution in [0.3, 0.4) is 0 Å². The predicted octanol–water partition coefficient (Wildman–Crippen LogP) is 0.828. The van der Waals surface area contributed by atoms with Crippen LogP contribution in [-0.2, 0) is 0 Å². The summed E-state index contributed by atoms with van der Waals surface area (Å²) in [7, 11) is 0. The molecular weight excluding hydrogens is 228 g/mol. The normalized spacial score (nSPS) is 10.4. The van der Waals surface area contributed by atoms with E-state index >= 15 is 0 Å². The van der Waals surface area contributed by atoms with Gasteiger partial charge in [0.25, 0.3) is 5.91 Å². The van der Waals surface area contributed by atoms with Crippen molar-refractivity contribution in [3.63, 3.8) is 0 Å². The van der Waals surface area contributed by atoms with Crippen LogP contribution >= 0.6 is 11.8 Å². The summed E-state index contributed by atoms with van der Waals surface area (Å²) in [6, 6.07) is 0. The second-order valence-corrected chi connectivity index (χ2v) is 4.47. The third kappa shape index (κ3) is 4.24. The van der Waals surface area contributed by atoms with Crippen molar-refractivity contribution >= 4 is 17.7 Å². The van der Waals surface area contributed by atoms with E-state index in [9.17, 15) is 4.79 Å². The quantitative estimate of drug-likeness (QED) is 0.695. The molecule has 0 aliphatic heterocycles. The van der Waals surface area contributed by atoms with Crippen LogP contribution in [0, 0.1) is 6.92 Å². The van der Waals surface area contributed by atoms with Crippen molar-refractivity contribution in [2.24, 2.45) is 0 Å². The maximum Gasteiger partial charge on any atom is 0.256 e. The summed E-state index contributed by atoms with van der Waals surface area (Å²) in [5.41, 5.74) is 0.486. The van der Waals surface area contributed by atoms with Crippen molar-refractivity contribution < 1.29 is 14.4 Å². The number of carbonyl (C=O) groups excluding carboxylic acids is 1. The van der Waals surface area contributed by atoms with Gasteiger partial charge in [-0.25, -0.2) is 0 Å². The summed E-state index contributed by atoms with van der Waals surface area (Å²) in [4.78, 5) is 11.6. The number of amides is 1. The third-order valence-electron chi connectivity index (χ3n) is 1.97. The summed E-state index contributed by atoms with van der Waals surface area (Å²) >= 11 is 1.71. The van der Waals surface area contributed by atoms with Crippen LogP contribution in [0.25, 0.3) is 0 Å². The summed E-state index contributed by atoms with van der Waals surface area (Å²) < 4.78 is 4.80. The molecule has 6 heteroatoms. The molecule has 1 aromatic rings. The van der Waals surface area contributed by atoms with Gasteiger partial charge < -0.3 is 14.9 Å². The monoisotopic (exact) mass is 244 g/mol. The lowest BCUT2D eigenvalue weighted by atomic mass is 10.2. The lowest BCUT2D eigenvalue weighted by Gasteiger charge is -2.03. The Balaban J connectivity index is 2.14. The zero-order valence-corrected chi connectivity index (χ0v) is 10.0. The third-order valence-corrected chi connectivity index (χ3v) is 3.04. The molecule has 0 saturated heterocycles. The molecule has 0 aliphatic carbocycles. The van der Waals surface area contributed by atoms with Gasteiger partial charge in [0.1, 0.15) is 11.3 Å². The van der Waals surface area contributed by atoms with Crippen LogP contribution in [0.4, 0.5) is 0 Å². The maximum atomic E-state index is 11.6. The average Bonchev–Trinajstić information content (AvgIpc) is 2.69.